The van der Waals surface area contributed by atoms with E-state index in [0.29, 0.717) is 24.7 Å². The molecule has 1 saturated carbocycles. The lowest BCUT2D eigenvalue weighted by Gasteiger charge is -2.21. The molecular formula is C15H24N2O. The molecule has 0 radical (unpaired) electrons. The molecule has 1 fully saturated rings. The quantitative estimate of drug-likeness (QED) is 0.769. The maximum atomic E-state index is 11.7. The molecule has 1 aliphatic carbocycles. The lowest BCUT2D eigenvalue weighted by Crippen LogP contribution is -2.14. The van der Waals surface area contributed by atoms with Crippen LogP contribution < -0.4 is 0 Å². The Morgan fingerprint density at radius 1 is 1.39 bits per heavy atom. The monoisotopic (exact) mass is 248 g/mol. The van der Waals surface area contributed by atoms with E-state index in [-0.39, 0.29) is 0 Å². The highest BCUT2D eigenvalue weighted by Gasteiger charge is 2.16. The second-order valence-corrected chi connectivity index (χ2v) is 5.40. The molecular weight excluding hydrogens is 224 g/mol. The minimum absolute atomic E-state index is 0.325. The van der Waals surface area contributed by atoms with E-state index in [4.69, 9.17) is 0 Å². The molecule has 3 heteroatoms. The van der Waals surface area contributed by atoms with Gasteiger partial charge in [-0.15, -0.1) is 0 Å². The number of nitrogens with zero attached hydrogens (tertiary/aromatic N) is 2. The molecule has 0 unspecified atom stereocenters. The Morgan fingerprint density at radius 2 is 2.17 bits per heavy atom. The molecule has 18 heavy (non-hydrogen) atoms. The Hall–Kier alpha value is -1.12. The van der Waals surface area contributed by atoms with E-state index in [1.807, 2.05) is 6.07 Å². The summed E-state index contributed by atoms with van der Waals surface area (Å²) < 4.78 is 2.08. The van der Waals surface area contributed by atoms with Crippen molar-refractivity contribution >= 4 is 5.78 Å². The molecule has 100 valence electrons. The van der Waals surface area contributed by atoms with Crippen LogP contribution in [0.25, 0.3) is 0 Å². The number of carbonyl (C=O) groups excluding carboxylic acids is 1. The molecule has 0 bridgehead atoms. The first-order valence-electron chi connectivity index (χ1n) is 7.35. The van der Waals surface area contributed by atoms with Gasteiger partial charge in [-0.1, -0.05) is 32.6 Å². The number of aromatic nitrogens is 2. The van der Waals surface area contributed by atoms with Crippen LogP contribution in [0.5, 0.6) is 0 Å². The Morgan fingerprint density at radius 3 is 2.89 bits per heavy atom. The molecule has 1 aliphatic rings. The number of rotatable bonds is 6. The van der Waals surface area contributed by atoms with Crippen molar-refractivity contribution in [1.82, 2.24) is 9.78 Å². The van der Waals surface area contributed by atoms with E-state index in [9.17, 15) is 4.79 Å². The first-order valence-corrected chi connectivity index (χ1v) is 7.35. The van der Waals surface area contributed by atoms with Crippen LogP contribution in [0.4, 0.5) is 0 Å². The Labute approximate surface area is 110 Å². The highest BCUT2D eigenvalue weighted by Crippen LogP contribution is 2.27. The molecule has 1 aromatic rings. The summed E-state index contributed by atoms with van der Waals surface area (Å²) in [4.78, 5) is 11.7. The van der Waals surface area contributed by atoms with E-state index in [2.05, 4.69) is 22.9 Å². The third kappa shape index (κ3) is 3.69. The molecule has 0 saturated heterocycles. The van der Waals surface area contributed by atoms with Crippen molar-refractivity contribution in [3.05, 3.63) is 18.0 Å². The second-order valence-electron chi connectivity index (χ2n) is 5.40. The summed E-state index contributed by atoms with van der Waals surface area (Å²) in [5.41, 5.74) is 0.946. The maximum absolute atomic E-state index is 11.7. The van der Waals surface area contributed by atoms with Crippen LogP contribution in [0, 0.1) is 0 Å². The van der Waals surface area contributed by atoms with Crippen molar-refractivity contribution in [2.24, 2.45) is 0 Å². The smallest absolute Gasteiger partial charge is 0.138 e. The normalized spacial score (nSPS) is 16.9. The molecule has 3 nitrogen and oxygen atoms in total. The van der Waals surface area contributed by atoms with Gasteiger partial charge < -0.3 is 0 Å². The van der Waals surface area contributed by atoms with Gasteiger partial charge in [-0.05, 0) is 25.3 Å². The number of unbranched alkanes of at least 4 members (excludes halogenated alkanes) is 1. The number of carbonyl (C=O) groups is 1. The van der Waals surface area contributed by atoms with E-state index in [1.54, 1.807) is 0 Å². The average molecular weight is 248 g/mol. The van der Waals surface area contributed by atoms with E-state index in [0.717, 1.165) is 18.5 Å². The zero-order chi connectivity index (χ0) is 12.8. The molecule has 0 amide bonds. The van der Waals surface area contributed by atoms with Crippen molar-refractivity contribution < 1.29 is 4.79 Å². The van der Waals surface area contributed by atoms with Crippen LogP contribution in [0.3, 0.4) is 0 Å². The van der Waals surface area contributed by atoms with Crippen LogP contribution in [-0.4, -0.2) is 15.6 Å². The van der Waals surface area contributed by atoms with Crippen molar-refractivity contribution in [1.29, 1.82) is 0 Å². The number of hydrogen-bond donors (Lipinski definition) is 0. The highest BCUT2D eigenvalue weighted by molar-refractivity contribution is 5.80. The summed E-state index contributed by atoms with van der Waals surface area (Å²) in [6, 6.07) is 2.58. The third-order valence-electron chi connectivity index (χ3n) is 3.80. The summed E-state index contributed by atoms with van der Waals surface area (Å²) in [7, 11) is 0. The summed E-state index contributed by atoms with van der Waals surface area (Å²) >= 11 is 0. The minimum Gasteiger partial charge on any atom is -0.299 e. The van der Waals surface area contributed by atoms with Gasteiger partial charge in [-0.25, -0.2) is 0 Å². The fourth-order valence-electron chi connectivity index (χ4n) is 2.68. The molecule has 0 N–H and O–H groups in total. The van der Waals surface area contributed by atoms with Crippen molar-refractivity contribution in [2.75, 3.05) is 0 Å². The fourth-order valence-corrected chi connectivity index (χ4v) is 2.68. The van der Waals surface area contributed by atoms with E-state index >= 15 is 0 Å². The van der Waals surface area contributed by atoms with Crippen LogP contribution in [0.15, 0.2) is 12.3 Å². The van der Waals surface area contributed by atoms with Gasteiger partial charge in [-0.3, -0.25) is 9.48 Å². The van der Waals surface area contributed by atoms with Crippen molar-refractivity contribution in [3.8, 4) is 0 Å². The number of hydrogen-bond acceptors (Lipinski definition) is 2. The summed E-state index contributed by atoms with van der Waals surface area (Å²) in [5.74, 6) is 0.325. The Kier molecular flexibility index (Phi) is 4.97. The maximum Gasteiger partial charge on any atom is 0.138 e. The topological polar surface area (TPSA) is 34.9 Å². The van der Waals surface area contributed by atoms with Crippen LogP contribution in [-0.2, 0) is 11.2 Å². The van der Waals surface area contributed by atoms with Gasteiger partial charge >= 0.3 is 0 Å². The summed E-state index contributed by atoms with van der Waals surface area (Å²) in [6.07, 6.45) is 11.8. The molecule has 0 spiro atoms. The van der Waals surface area contributed by atoms with Gasteiger partial charge in [0.15, 0.2) is 0 Å². The highest BCUT2D eigenvalue weighted by atomic mass is 16.1. The zero-order valence-corrected chi connectivity index (χ0v) is 11.4. The Balaban J connectivity index is 1.87. The van der Waals surface area contributed by atoms with Gasteiger partial charge in [0.05, 0.1) is 18.2 Å². The lowest BCUT2D eigenvalue weighted by molar-refractivity contribution is -0.118. The van der Waals surface area contributed by atoms with Crippen molar-refractivity contribution in [3.63, 3.8) is 0 Å². The van der Waals surface area contributed by atoms with Gasteiger partial charge in [0.1, 0.15) is 5.78 Å². The third-order valence-corrected chi connectivity index (χ3v) is 3.80. The van der Waals surface area contributed by atoms with Gasteiger partial charge in [0, 0.05) is 12.6 Å². The summed E-state index contributed by atoms with van der Waals surface area (Å²) in [5, 5.41) is 4.58. The molecule has 1 heterocycles. The molecule has 1 aromatic heterocycles. The minimum atomic E-state index is 0.325. The van der Waals surface area contributed by atoms with Gasteiger partial charge in [0.25, 0.3) is 0 Å². The number of ketones is 1. The van der Waals surface area contributed by atoms with E-state index < -0.39 is 0 Å². The standard InChI is InChI=1S/C15H24N2O/c1-2-3-9-15(18)12-13-10-11-17(16-13)14-7-5-4-6-8-14/h10-11,14H,2-9,12H2,1H3. The molecule has 0 aromatic carbocycles. The predicted molar refractivity (Wildman–Crippen MR) is 72.6 cm³/mol. The largest absolute Gasteiger partial charge is 0.299 e. The number of Topliss-reactive ketones (excluding diaryl/α,β-unsaturated/α-hetero) is 1. The van der Waals surface area contributed by atoms with Crippen LogP contribution in [0.2, 0.25) is 0 Å². The fraction of sp³-hybridized carbons (Fsp3) is 0.733. The zero-order valence-electron chi connectivity index (χ0n) is 11.4. The first kappa shape index (κ1) is 13.3. The Bertz CT molecular complexity index is 378. The summed E-state index contributed by atoms with van der Waals surface area (Å²) in [6.45, 7) is 2.12. The SMILES string of the molecule is CCCCC(=O)Cc1ccn(C2CCCCC2)n1. The lowest BCUT2D eigenvalue weighted by atomic mass is 9.96. The van der Waals surface area contributed by atoms with Crippen LogP contribution >= 0.6 is 0 Å². The average Bonchev–Trinajstić information content (AvgIpc) is 2.86. The second kappa shape index (κ2) is 6.72. The molecule has 0 aliphatic heterocycles. The van der Waals surface area contributed by atoms with Crippen LogP contribution in [0.1, 0.15) is 70.0 Å². The predicted octanol–water partition coefficient (Wildman–Crippen LogP) is 3.69. The molecule has 2 rings (SSSR count). The van der Waals surface area contributed by atoms with Gasteiger partial charge in [0.2, 0.25) is 0 Å². The molecule has 0 atom stereocenters. The van der Waals surface area contributed by atoms with Crippen molar-refractivity contribution in [2.45, 2.75) is 70.8 Å². The van der Waals surface area contributed by atoms with E-state index in [1.165, 1.54) is 32.1 Å². The first-order chi connectivity index (χ1) is 8.79. The van der Waals surface area contributed by atoms with Gasteiger partial charge in [-0.2, -0.15) is 5.10 Å².